The van der Waals surface area contributed by atoms with Crippen molar-refractivity contribution in [2.24, 2.45) is 5.10 Å². The van der Waals surface area contributed by atoms with E-state index in [9.17, 15) is 4.79 Å². The summed E-state index contributed by atoms with van der Waals surface area (Å²) in [6, 6.07) is 22.0. The second-order valence-corrected chi connectivity index (χ2v) is 5.87. The number of nitrogens with one attached hydrogen (secondary N) is 2. The quantitative estimate of drug-likeness (QED) is 0.500. The van der Waals surface area contributed by atoms with E-state index in [1.54, 1.807) is 42.9 Å². The maximum absolute atomic E-state index is 12.4. The number of amides is 2. The Morgan fingerprint density at radius 2 is 1.71 bits per heavy atom. The van der Waals surface area contributed by atoms with E-state index in [0.29, 0.717) is 17.1 Å². The molecule has 7 heteroatoms. The number of carbonyl (C=O) groups excluding carboxylic acids is 1. The highest BCUT2D eigenvalue weighted by Crippen LogP contribution is 2.21. The molecule has 4 aromatic rings. The molecule has 138 valence electrons. The first-order valence-electron chi connectivity index (χ1n) is 8.64. The average Bonchev–Trinajstić information content (AvgIpc) is 3.38. The lowest BCUT2D eigenvalue weighted by Crippen LogP contribution is -2.21. The second-order valence-electron chi connectivity index (χ2n) is 5.87. The molecule has 2 N–H and O–H groups in total. The number of rotatable bonds is 5. The van der Waals surface area contributed by atoms with Crippen LogP contribution in [-0.4, -0.2) is 21.9 Å². The van der Waals surface area contributed by atoms with E-state index in [0.717, 1.165) is 5.56 Å². The van der Waals surface area contributed by atoms with E-state index in [2.05, 4.69) is 20.7 Å². The van der Waals surface area contributed by atoms with Crippen molar-refractivity contribution in [1.82, 2.24) is 9.66 Å². The van der Waals surface area contributed by atoms with Crippen LogP contribution < -0.4 is 10.6 Å². The molecular weight excluding hydrogens is 354 g/mol. The number of imidazole rings is 1. The van der Waals surface area contributed by atoms with Crippen LogP contribution in [0.25, 0.3) is 11.5 Å². The van der Waals surface area contributed by atoms with Gasteiger partial charge in [0.25, 0.3) is 0 Å². The molecule has 0 aliphatic heterocycles. The molecule has 0 aliphatic rings. The highest BCUT2D eigenvalue weighted by Gasteiger charge is 2.14. The molecule has 0 bridgehead atoms. The molecule has 0 radical (unpaired) electrons. The van der Waals surface area contributed by atoms with Crippen LogP contribution in [-0.2, 0) is 0 Å². The van der Waals surface area contributed by atoms with Gasteiger partial charge in [-0.2, -0.15) is 5.10 Å². The third-order valence-electron chi connectivity index (χ3n) is 3.85. The van der Waals surface area contributed by atoms with Gasteiger partial charge in [-0.05, 0) is 29.8 Å². The fourth-order valence-corrected chi connectivity index (χ4v) is 2.54. The molecule has 2 amide bonds. The number of hydrogen-bond acceptors (Lipinski definition) is 4. The minimum atomic E-state index is -0.418. The second kappa shape index (κ2) is 8.05. The Bertz CT molecular complexity index is 1070. The Morgan fingerprint density at radius 1 is 0.964 bits per heavy atom. The average molecular weight is 371 g/mol. The lowest BCUT2D eigenvalue weighted by molar-refractivity contribution is 0.262. The van der Waals surface area contributed by atoms with Crippen LogP contribution in [0.5, 0.6) is 0 Å². The summed E-state index contributed by atoms with van der Waals surface area (Å²) in [4.78, 5) is 16.8. The molecule has 0 aliphatic carbocycles. The highest BCUT2D eigenvalue weighted by atomic mass is 16.3. The zero-order valence-electron chi connectivity index (χ0n) is 14.8. The Hall–Kier alpha value is -4.13. The van der Waals surface area contributed by atoms with Crippen LogP contribution in [0.15, 0.2) is 94.8 Å². The topological polar surface area (TPSA) is 84.5 Å². The van der Waals surface area contributed by atoms with E-state index >= 15 is 0 Å². The molecule has 2 heterocycles. The Morgan fingerprint density at radius 3 is 2.43 bits per heavy atom. The highest BCUT2D eigenvalue weighted by molar-refractivity contribution is 5.98. The summed E-state index contributed by atoms with van der Waals surface area (Å²) in [6.07, 6.45) is 4.95. The predicted octanol–water partition coefficient (Wildman–Crippen LogP) is 4.67. The molecule has 4 rings (SSSR count). The van der Waals surface area contributed by atoms with Gasteiger partial charge in [0.05, 0.1) is 18.7 Å². The van der Waals surface area contributed by atoms with Crippen molar-refractivity contribution in [3.05, 3.63) is 90.8 Å². The molecule has 7 nitrogen and oxygen atoms in total. The normalized spacial score (nSPS) is 10.9. The van der Waals surface area contributed by atoms with E-state index in [-0.39, 0.29) is 5.95 Å². The van der Waals surface area contributed by atoms with Crippen LogP contribution in [0, 0.1) is 0 Å². The van der Waals surface area contributed by atoms with Gasteiger partial charge >= 0.3 is 6.03 Å². The van der Waals surface area contributed by atoms with Gasteiger partial charge in [0.15, 0.2) is 5.76 Å². The Labute approximate surface area is 161 Å². The number of aromatic nitrogens is 2. The van der Waals surface area contributed by atoms with Crippen LogP contribution in [0.2, 0.25) is 0 Å². The largest absolute Gasteiger partial charge is 0.463 e. The lowest BCUT2D eigenvalue weighted by atomic mass is 10.2. The van der Waals surface area contributed by atoms with Gasteiger partial charge in [0.2, 0.25) is 5.95 Å². The van der Waals surface area contributed by atoms with Crippen LogP contribution >= 0.6 is 0 Å². The number of para-hydroxylation sites is 1. The summed E-state index contributed by atoms with van der Waals surface area (Å²) >= 11 is 0. The van der Waals surface area contributed by atoms with Crippen molar-refractivity contribution in [3.8, 4) is 11.5 Å². The predicted molar refractivity (Wildman–Crippen MR) is 108 cm³/mol. The van der Waals surface area contributed by atoms with E-state index in [1.807, 2.05) is 48.5 Å². The van der Waals surface area contributed by atoms with Gasteiger partial charge in [-0.1, -0.05) is 48.5 Å². The molecule has 0 unspecified atom stereocenters. The number of anilines is 2. The molecule has 0 atom stereocenters. The van der Waals surface area contributed by atoms with Crippen molar-refractivity contribution in [2.75, 3.05) is 10.6 Å². The summed E-state index contributed by atoms with van der Waals surface area (Å²) < 4.78 is 6.89. The number of nitrogens with zero attached hydrogens (tertiary/aromatic N) is 3. The van der Waals surface area contributed by atoms with Crippen LogP contribution in [0.4, 0.5) is 16.4 Å². The summed E-state index contributed by atoms with van der Waals surface area (Å²) in [5, 5.41) is 9.89. The van der Waals surface area contributed by atoms with Gasteiger partial charge in [-0.25, -0.2) is 14.5 Å². The summed E-state index contributed by atoms with van der Waals surface area (Å²) in [5.41, 5.74) is 2.16. The Balaban J connectivity index is 1.59. The summed E-state index contributed by atoms with van der Waals surface area (Å²) in [5.74, 6) is 0.854. The number of furan rings is 1. The fraction of sp³-hybridized carbons (Fsp3) is 0. The molecule has 28 heavy (non-hydrogen) atoms. The number of hydrogen-bond donors (Lipinski definition) is 2. The molecule has 2 aromatic carbocycles. The number of urea groups is 1. The van der Waals surface area contributed by atoms with Gasteiger partial charge in [0, 0.05) is 5.69 Å². The minimum absolute atomic E-state index is 0.270. The maximum Gasteiger partial charge on any atom is 0.326 e. The molecule has 0 saturated heterocycles. The summed E-state index contributed by atoms with van der Waals surface area (Å²) in [7, 11) is 0. The third-order valence-corrected chi connectivity index (χ3v) is 3.85. The monoisotopic (exact) mass is 371 g/mol. The van der Waals surface area contributed by atoms with Gasteiger partial charge in [-0.3, -0.25) is 5.32 Å². The first kappa shape index (κ1) is 17.3. The zero-order valence-corrected chi connectivity index (χ0v) is 14.8. The van der Waals surface area contributed by atoms with E-state index < -0.39 is 6.03 Å². The molecule has 2 aromatic heterocycles. The van der Waals surface area contributed by atoms with Gasteiger partial charge in [0.1, 0.15) is 5.69 Å². The van der Waals surface area contributed by atoms with Crippen molar-refractivity contribution in [1.29, 1.82) is 0 Å². The van der Waals surface area contributed by atoms with E-state index in [1.165, 1.54) is 4.68 Å². The van der Waals surface area contributed by atoms with Crippen molar-refractivity contribution in [2.45, 2.75) is 0 Å². The van der Waals surface area contributed by atoms with Crippen molar-refractivity contribution >= 4 is 23.9 Å². The summed E-state index contributed by atoms with van der Waals surface area (Å²) in [6.45, 7) is 0. The van der Waals surface area contributed by atoms with Crippen molar-refractivity contribution < 1.29 is 9.21 Å². The standard InChI is InChI=1S/C21H17N5O2/c27-21(23-17-10-5-2-6-11-17)25-20-24-18(19-12-7-13-28-19)15-26(20)22-14-16-8-3-1-4-9-16/h1-15H,(H2,23,24,25,27)/b22-14+. The van der Waals surface area contributed by atoms with Crippen molar-refractivity contribution in [3.63, 3.8) is 0 Å². The number of carbonyl (C=O) groups is 1. The molecule has 0 saturated carbocycles. The minimum Gasteiger partial charge on any atom is -0.463 e. The molecule has 0 fully saturated rings. The van der Waals surface area contributed by atoms with Crippen LogP contribution in [0.3, 0.4) is 0 Å². The van der Waals surface area contributed by atoms with E-state index in [4.69, 9.17) is 4.42 Å². The maximum atomic E-state index is 12.4. The molecule has 0 spiro atoms. The lowest BCUT2D eigenvalue weighted by Gasteiger charge is -2.06. The molecular formula is C21H17N5O2. The first-order valence-corrected chi connectivity index (χ1v) is 8.64. The Kier molecular flexibility index (Phi) is 4.97. The fourth-order valence-electron chi connectivity index (χ4n) is 2.54. The third kappa shape index (κ3) is 4.16. The zero-order chi connectivity index (χ0) is 19.2. The SMILES string of the molecule is O=C(Nc1ccccc1)Nc1nc(-c2ccco2)cn1/N=C/c1ccccc1. The first-order chi connectivity index (χ1) is 13.8. The van der Waals surface area contributed by atoms with Gasteiger partial charge < -0.3 is 9.73 Å². The van der Waals surface area contributed by atoms with Crippen LogP contribution in [0.1, 0.15) is 5.56 Å². The number of benzene rings is 2. The smallest absolute Gasteiger partial charge is 0.326 e. The van der Waals surface area contributed by atoms with Gasteiger partial charge in [-0.15, -0.1) is 0 Å².